The van der Waals surface area contributed by atoms with Crippen molar-refractivity contribution in [2.75, 3.05) is 37.8 Å². The Labute approximate surface area is 192 Å². The molecular formula is C23H30N6O4. The number of ether oxygens (including phenoxy) is 2. The van der Waals surface area contributed by atoms with Crippen molar-refractivity contribution in [1.82, 2.24) is 25.0 Å². The summed E-state index contributed by atoms with van der Waals surface area (Å²) in [7, 11) is 0. The van der Waals surface area contributed by atoms with Crippen LogP contribution in [0.5, 0.6) is 5.75 Å². The van der Waals surface area contributed by atoms with Crippen LogP contribution in [0.4, 0.5) is 5.95 Å². The van der Waals surface area contributed by atoms with E-state index in [0.29, 0.717) is 32.2 Å². The summed E-state index contributed by atoms with van der Waals surface area (Å²) in [4.78, 5) is 27.6. The maximum Gasteiger partial charge on any atom is 0.243 e. The van der Waals surface area contributed by atoms with Gasteiger partial charge in [-0.25, -0.2) is 15.4 Å². The zero-order valence-electron chi connectivity index (χ0n) is 19.0. The summed E-state index contributed by atoms with van der Waals surface area (Å²) in [6, 6.07) is 8.02. The first-order valence-electron chi connectivity index (χ1n) is 11.3. The van der Waals surface area contributed by atoms with Gasteiger partial charge in [-0.05, 0) is 51.0 Å². The van der Waals surface area contributed by atoms with E-state index in [4.69, 9.17) is 24.6 Å². The van der Waals surface area contributed by atoms with Crippen molar-refractivity contribution >= 4 is 23.0 Å². The number of anilines is 1. The van der Waals surface area contributed by atoms with Gasteiger partial charge in [-0.2, -0.15) is 4.98 Å². The van der Waals surface area contributed by atoms with Crippen LogP contribution in [-0.2, 0) is 9.53 Å². The van der Waals surface area contributed by atoms with E-state index in [9.17, 15) is 4.79 Å². The van der Waals surface area contributed by atoms with Gasteiger partial charge in [-0.3, -0.25) is 10.0 Å². The lowest BCUT2D eigenvalue weighted by Crippen LogP contribution is -2.37. The van der Waals surface area contributed by atoms with Crippen LogP contribution in [0, 0.1) is 0 Å². The average molecular weight is 455 g/mol. The molecule has 2 aromatic heterocycles. The summed E-state index contributed by atoms with van der Waals surface area (Å²) in [5.74, 6) is 1.05. The molecule has 1 aliphatic heterocycles. The molecule has 1 saturated heterocycles. The Bertz CT molecular complexity index is 1080. The number of carbonyl (C=O) groups excluding carboxylic acids is 1. The summed E-state index contributed by atoms with van der Waals surface area (Å²) < 4.78 is 13.3. The molecule has 10 nitrogen and oxygen atoms in total. The standard InChI is InChI=1S/C23H30N6O4/c1-16(2)29-15-24-21-20(25-23(26-22(21)29)28-10-13-32-14-11-28)17-6-8-18(9-7-17)33-12-4-3-5-19(30)27-31/h6-9,15-16,31H,3-5,10-14H2,1-2H3,(H,27,30). The summed E-state index contributed by atoms with van der Waals surface area (Å²) in [5.41, 5.74) is 4.97. The molecule has 10 heteroatoms. The number of benzene rings is 1. The maximum atomic E-state index is 11.0. The summed E-state index contributed by atoms with van der Waals surface area (Å²) >= 11 is 0. The van der Waals surface area contributed by atoms with Crippen molar-refractivity contribution in [3.63, 3.8) is 0 Å². The molecule has 1 amide bonds. The molecule has 0 unspecified atom stereocenters. The molecule has 0 atom stereocenters. The SMILES string of the molecule is CC(C)n1cnc2c(-c3ccc(OCCCCC(=O)NO)cc3)nc(N3CCOCC3)nc21. The minimum atomic E-state index is -0.383. The van der Waals surface area contributed by atoms with E-state index in [2.05, 4.69) is 28.3 Å². The monoisotopic (exact) mass is 454 g/mol. The van der Waals surface area contributed by atoms with Gasteiger partial charge in [0.15, 0.2) is 5.65 Å². The second-order valence-electron chi connectivity index (χ2n) is 8.25. The summed E-state index contributed by atoms with van der Waals surface area (Å²) in [5, 5.41) is 8.52. The molecule has 1 aromatic carbocycles. The van der Waals surface area contributed by atoms with E-state index in [1.807, 2.05) is 30.6 Å². The molecule has 0 radical (unpaired) electrons. The number of hydrogen-bond donors (Lipinski definition) is 2. The normalized spacial score (nSPS) is 14.1. The Morgan fingerprint density at radius 3 is 2.64 bits per heavy atom. The van der Waals surface area contributed by atoms with Crippen molar-refractivity contribution in [3.05, 3.63) is 30.6 Å². The summed E-state index contributed by atoms with van der Waals surface area (Å²) in [6.45, 7) is 7.56. The lowest BCUT2D eigenvalue weighted by molar-refractivity contribution is -0.129. The lowest BCUT2D eigenvalue weighted by Gasteiger charge is -2.27. The van der Waals surface area contributed by atoms with E-state index in [1.54, 1.807) is 5.48 Å². The van der Waals surface area contributed by atoms with Gasteiger partial charge in [-0.1, -0.05) is 0 Å². The third kappa shape index (κ3) is 5.40. The third-order valence-electron chi connectivity index (χ3n) is 5.58. The number of fused-ring (bicyclic) bond motifs is 1. The fourth-order valence-corrected chi connectivity index (χ4v) is 3.73. The quantitative estimate of drug-likeness (QED) is 0.288. The Balaban J connectivity index is 1.54. The highest BCUT2D eigenvalue weighted by Crippen LogP contribution is 2.30. The molecule has 3 heterocycles. The van der Waals surface area contributed by atoms with Gasteiger partial charge in [0.1, 0.15) is 17.0 Å². The van der Waals surface area contributed by atoms with Gasteiger partial charge in [-0.15, -0.1) is 0 Å². The minimum Gasteiger partial charge on any atom is -0.494 e. The van der Waals surface area contributed by atoms with Crippen molar-refractivity contribution in [2.24, 2.45) is 0 Å². The van der Waals surface area contributed by atoms with Crippen molar-refractivity contribution < 1.29 is 19.5 Å². The average Bonchev–Trinajstić information content (AvgIpc) is 3.28. The number of imidazole rings is 1. The Morgan fingerprint density at radius 2 is 1.94 bits per heavy atom. The highest BCUT2D eigenvalue weighted by Gasteiger charge is 2.20. The van der Waals surface area contributed by atoms with Gasteiger partial charge in [0, 0.05) is 31.1 Å². The van der Waals surface area contributed by atoms with E-state index in [0.717, 1.165) is 47.7 Å². The number of hydrogen-bond acceptors (Lipinski definition) is 8. The second-order valence-corrected chi connectivity index (χ2v) is 8.25. The number of amides is 1. The number of nitrogens with zero attached hydrogens (tertiary/aromatic N) is 5. The second kappa shape index (κ2) is 10.6. The highest BCUT2D eigenvalue weighted by atomic mass is 16.5. The largest absolute Gasteiger partial charge is 0.494 e. The minimum absolute atomic E-state index is 0.231. The molecular weight excluding hydrogens is 424 g/mol. The van der Waals surface area contributed by atoms with E-state index >= 15 is 0 Å². The summed E-state index contributed by atoms with van der Waals surface area (Å²) in [6.07, 6.45) is 3.46. The van der Waals surface area contributed by atoms with E-state index < -0.39 is 0 Å². The first-order chi connectivity index (χ1) is 16.1. The topological polar surface area (TPSA) is 115 Å². The van der Waals surface area contributed by atoms with Crippen LogP contribution >= 0.6 is 0 Å². The first-order valence-corrected chi connectivity index (χ1v) is 11.3. The number of nitrogens with one attached hydrogen (secondary N) is 1. The molecule has 2 N–H and O–H groups in total. The van der Waals surface area contributed by atoms with Crippen LogP contribution < -0.4 is 15.1 Å². The molecule has 3 aromatic rings. The molecule has 0 spiro atoms. The van der Waals surface area contributed by atoms with Gasteiger partial charge in [0.25, 0.3) is 0 Å². The van der Waals surface area contributed by atoms with Crippen LogP contribution in [0.2, 0.25) is 0 Å². The predicted molar refractivity (Wildman–Crippen MR) is 123 cm³/mol. The zero-order valence-corrected chi connectivity index (χ0v) is 19.0. The third-order valence-corrected chi connectivity index (χ3v) is 5.58. The van der Waals surface area contributed by atoms with Gasteiger partial charge in [0.05, 0.1) is 26.1 Å². The van der Waals surface area contributed by atoms with E-state index in [1.165, 1.54) is 0 Å². The van der Waals surface area contributed by atoms with Crippen LogP contribution in [-0.4, -0.2) is 63.5 Å². The lowest BCUT2D eigenvalue weighted by atomic mass is 10.1. The number of rotatable bonds is 9. The molecule has 4 rings (SSSR count). The molecule has 176 valence electrons. The predicted octanol–water partition coefficient (Wildman–Crippen LogP) is 2.97. The maximum absolute atomic E-state index is 11.0. The van der Waals surface area contributed by atoms with Crippen LogP contribution in [0.15, 0.2) is 30.6 Å². The van der Waals surface area contributed by atoms with E-state index in [-0.39, 0.29) is 18.4 Å². The van der Waals surface area contributed by atoms with Gasteiger partial charge in [0.2, 0.25) is 11.9 Å². The number of hydroxylamine groups is 1. The number of aromatic nitrogens is 4. The number of morpholine rings is 1. The van der Waals surface area contributed by atoms with Crippen LogP contribution in [0.3, 0.4) is 0 Å². The van der Waals surface area contributed by atoms with Crippen molar-refractivity contribution in [3.8, 4) is 17.0 Å². The van der Waals surface area contributed by atoms with Crippen LogP contribution in [0.1, 0.15) is 39.2 Å². The highest BCUT2D eigenvalue weighted by molar-refractivity contribution is 5.88. The van der Waals surface area contributed by atoms with Gasteiger partial charge >= 0.3 is 0 Å². The molecule has 1 fully saturated rings. The Morgan fingerprint density at radius 1 is 1.18 bits per heavy atom. The van der Waals surface area contributed by atoms with Crippen LogP contribution in [0.25, 0.3) is 22.4 Å². The first kappa shape index (κ1) is 22.9. The number of unbranched alkanes of at least 4 members (excludes halogenated alkanes) is 1. The fraction of sp³-hybridized carbons (Fsp3) is 0.478. The Hall–Kier alpha value is -3.24. The molecule has 0 aliphatic carbocycles. The fourth-order valence-electron chi connectivity index (χ4n) is 3.73. The number of carbonyl (C=O) groups is 1. The van der Waals surface area contributed by atoms with Crippen molar-refractivity contribution in [2.45, 2.75) is 39.2 Å². The van der Waals surface area contributed by atoms with Crippen molar-refractivity contribution in [1.29, 1.82) is 0 Å². The van der Waals surface area contributed by atoms with Gasteiger partial charge < -0.3 is 18.9 Å². The molecule has 33 heavy (non-hydrogen) atoms. The Kier molecular flexibility index (Phi) is 7.36. The molecule has 0 bridgehead atoms. The zero-order chi connectivity index (χ0) is 23.2. The molecule has 1 aliphatic rings. The smallest absolute Gasteiger partial charge is 0.243 e. The molecule has 0 saturated carbocycles.